The molecule has 3 N–H and O–H groups in total. The zero-order chi connectivity index (χ0) is 15.1. The van der Waals surface area contributed by atoms with Gasteiger partial charge in [-0.1, -0.05) is 11.8 Å². The van der Waals surface area contributed by atoms with Crippen LogP contribution in [-0.2, 0) is 6.54 Å². The summed E-state index contributed by atoms with van der Waals surface area (Å²) in [6, 6.07) is 5.99. The number of likely N-dealkylation sites (tertiary alicyclic amines) is 1. The summed E-state index contributed by atoms with van der Waals surface area (Å²) in [6.45, 7) is 3.64. The summed E-state index contributed by atoms with van der Waals surface area (Å²) in [5.41, 5.74) is 7.67. The molecular formula is C17H24N2O2. The van der Waals surface area contributed by atoms with Crippen molar-refractivity contribution >= 4 is 0 Å². The Morgan fingerprint density at radius 1 is 1.48 bits per heavy atom. The number of benzene rings is 1. The van der Waals surface area contributed by atoms with E-state index in [0.29, 0.717) is 12.5 Å². The second kappa shape index (κ2) is 8.04. The third kappa shape index (κ3) is 4.47. The molecule has 1 aromatic carbocycles. The van der Waals surface area contributed by atoms with Gasteiger partial charge in [-0.15, -0.1) is 0 Å². The van der Waals surface area contributed by atoms with Gasteiger partial charge >= 0.3 is 0 Å². The molecule has 1 unspecified atom stereocenters. The number of hydrogen-bond donors (Lipinski definition) is 2. The fraction of sp³-hybridized carbons (Fsp3) is 0.529. The Morgan fingerprint density at radius 2 is 2.33 bits per heavy atom. The van der Waals surface area contributed by atoms with Crippen LogP contribution in [0.2, 0.25) is 0 Å². The molecular weight excluding hydrogens is 264 g/mol. The van der Waals surface area contributed by atoms with E-state index >= 15 is 0 Å². The largest absolute Gasteiger partial charge is 0.497 e. The normalized spacial score (nSPS) is 18.3. The van der Waals surface area contributed by atoms with E-state index in [1.54, 1.807) is 7.11 Å². The Balaban J connectivity index is 2.10. The van der Waals surface area contributed by atoms with Crippen LogP contribution in [0.5, 0.6) is 5.75 Å². The number of aliphatic hydroxyl groups is 1. The molecule has 0 bridgehead atoms. The van der Waals surface area contributed by atoms with Crippen LogP contribution in [0.1, 0.15) is 24.0 Å². The lowest BCUT2D eigenvalue weighted by Crippen LogP contribution is -2.21. The van der Waals surface area contributed by atoms with Gasteiger partial charge in [0.25, 0.3) is 0 Å². The van der Waals surface area contributed by atoms with E-state index in [1.807, 2.05) is 12.1 Å². The molecule has 2 rings (SSSR count). The number of rotatable bonds is 5. The molecule has 0 radical (unpaired) electrons. The number of aliphatic hydroxyl groups excluding tert-OH is 1. The second-order valence-corrected chi connectivity index (χ2v) is 5.43. The molecule has 0 amide bonds. The Kier molecular flexibility index (Phi) is 6.06. The van der Waals surface area contributed by atoms with Crippen LogP contribution < -0.4 is 10.5 Å². The molecule has 0 aromatic heterocycles. The van der Waals surface area contributed by atoms with Crippen LogP contribution in [0.4, 0.5) is 0 Å². The summed E-state index contributed by atoms with van der Waals surface area (Å²) < 4.78 is 5.31. The highest BCUT2D eigenvalue weighted by molar-refractivity contribution is 5.45. The molecule has 0 saturated carbocycles. The van der Waals surface area contributed by atoms with Crippen LogP contribution >= 0.6 is 0 Å². The highest BCUT2D eigenvalue weighted by Gasteiger charge is 2.22. The fourth-order valence-electron chi connectivity index (χ4n) is 2.81. The van der Waals surface area contributed by atoms with Gasteiger partial charge in [-0.05, 0) is 49.1 Å². The van der Waals surface area contributed by atoms with E-state index in [4.69, 9.17) is 15.6 Å². The number of methoxy groups -OCH3 is 1. The maximum absolute atomic E-state index is 9.05. The van der Waals surface area contributed by atoms with Gasteiger partial charge in [0.05, 0.1) is 13.7 Å². The van der Waals surface area contributed by atoms with Gasteiger partial charge in [-0.25, -0.2) is 0 Å². The number of ether oxygens (including phenoxy) is 1. The summed E-state index contributed by atoms with van der Waals surface area (Å²) in [7, 11) is 1.68. The predicted molar refractivity (Wildman–Crippen MR) is 84.0 cm³/mol. The summed E-state index contributed by atoms with van der Waals surface area (Å²) in [5.74, 6) is 7.53. The van der Waals surface area contributed by atoms with Crippen molar-refractivity contribution in [3.05, 3.63) is 29.3 Å². The highest BCUT2D eigenvalue weighted by atomic mass is 16.5. The first-order chi connectivity index (χ1) is 10.3. The standard InChI is InChI=1S/C17H24N2O2/c1-21-17-5-4-15(3-2-8-18)16(11-17)13-19-9-6-14(12-19)7-10-20/h4-5,11,14,20H,6-10,12-13,18H2,1H3. The van der Waals surface area contributed by atoms with Crippen LogP contribution in [0.3, 0.4) is 0 Å². The number of hydrogen-bond acceptors (Lipinski definition) is 4. The first-order valence-electron chi connectivity index (χ1n) is 7.46. The van der Waals surface area contributed by atoms with Crippen molar-refractivity contribution in [1.29, 1.82) is 0 Å². The lowest BCUT2D eigenvalue weighted by atomic mass is 10.1. The van der Waals surface area contributed by atoms with E-state index in [9.17, 15) is 0 Å². The molecule has 1 heterocycles. The minimum Gasteiger partial charge on any atom is -0.497 e. The Labute approximate surface area is 126 Å². The molecule has 4 heteroatoms. The molecule has 0 aliphatic carbocycles. The molecule has 1 fully saturated rings. The van der Waals surface area contributed by atoms with Crippen LogP contribution in [0.25, 0.3) is 0 Å². The SMILES string of the molecule is COc1ccc(C#CCN)c(CN2CCC(CCO)C2)c1. The van der Waals surface area contributed by atoms with Crippen molar-refractivity contribution in [3.63, 3.8) is 0 Å². The average molecular weight is 288 g/mol. The Morgan fingerprint density at radius 3 is 3.05 bits per heavy atom. The van der Waals surface area contributed by atoms with Gasteiger partial charge in [0.2, 0.25) is 0 Å². The van der Waals surface area contributed by atoms with Gasteiger partial charge in [0.15, 0.2) is 0 Å². The predicted octanol–water partition coefficient (Wildman–Crippen LogP) is 1.21. The molecule has 4 nitrogen and oxygen atoms in total. The third-order valence-corrected chi connectivity index (χ3v) is 3.94. The summed E-state index contributed by atoms with van der Waals surface area (Å²) in [4.78, 5) is 2.42. The first-order valence-corrected chi connectivity index (χ1v) is 7.46. The minimum atomic E-state index is 0.283. The van der Waals surface area contributed by atoms with E-state index in [0.717, 1.165) is 43.8 Å². The second-order valence-electron chi connectivity index (χ2n) is 5.43. The van der Waals surface area contributed by atoms with Crippen LogP contribution in [0.15, 0.2) is 18.2 Å². The van der Waals surface area contributed by atoms with E-state index in [1.165, 1.54) is 5.56 Å². The van der Waals surface area contributed by atoms with Crippen molar-refractivity contribution in [2.24, 2.45) is 11.7 Å². The quantitative estimate of drug-likeness (QED) is 0.800. The van der Waals surface area contributed by atoms with E-state index < -0.39 is 0 Å². The van der Waals surface area contributed by atoms with Crippen LogP contribution in [0, 0.1) is 17.8 Å². The third-order valence-electron chi connectivity index (χ3n) is 3.94. The van der Waals surface area contributed by atoms with Crippen LogP contribution in [-0.4, -0.2) is 43.4 Å². The van der Waals surface area contributed by atoms with Crippen molar-refractivity contribution in [3.8, 4) is 17.6 Å². The lowest BCUT2D eigenvalue weighted by Gasteiger charge is -2.17. The fourth-order valence-corrected chi connectivity index (χ4v) is 2.81. The molecule has 1 atom stereocenters. The number of nitrogens with two attached hydrogens (primary N) is 1. The summed E-state index contributed by atoms with van der Waals surface area (Å²) in [6.07, 6.45) is 2.06. The highest BCUT2D eigenvalue weighted by Crippen LogP contribution is 2.24. The molecule has 1 saturated heterocycles. The van der Waals surface area contributed by atoms with Gasteiger partial charge in [0, 0.05) is 25.3 Å². The van der Waals surface area contributed by atoms with Gasteiger partial charge < -0.3 is 15.6 Å². The maximum Gasteiger partial charge on any atom is 0.119 e. The monoisotopic (exact) mass is 288 g/mol. The molecule has 21 heavy (non-hydrogen) atoms. The molecule has 0 spiro atoms. The summed E-state index contributed by atoms with van der Waals surface area (Å²) in [5, 5.41) is 9.05. The molecule has 114 valence electrons. The van der Waals surface area contributed by atoms with Gasteiger partial charge in [-0.2, -0.15) is 0 Å². The zero-order valence-electron chi connectivity index (χ0n) is 12.6. The molecule has 1 aromatic rings. The molecule has 1 aliphatic rings. The average Bonchev–Trinajstić information content (AvgIpc) is 2.93. The van der Waals surface area contributed by atoms with Crippen molar-refractivity contribution in [2.45, 2.75) is 19.4 Å². The smallest absolute Gasteiger partial charge is 0.119 e. The minimum absolute atomic E-state index is 0.283. The van der Waals surface area contributed by atoms with Crippen molar-refractivity contribution < 1.29 is 9.84 Å². The molecule has 1 aliphatic heterocycles. The van der Waals surface area contributed by atoms with Gasteiger partial charge in [0.1, 0.15) is 5.75 Å². The zero-order valence-corrected chi connectivity index (χ0v) is 12.6. The topological polar surface area (TPSA) is 58.7 Å². The van der Waals surface area contributed by atoms with E-state index in [-0.39, 0.29) is 6.61 Å². The Hall–Kier alpha value is -1.54. The van der Waals surface area contributed by atoms with Crippen molar-refractivity contribution in [2.75, 3.05) is 33.4 Å². The maximum atomic E-state index is 9.05. The van der Waals surface area contributed by atoms with E-state index in [2.05, 4.69) is 22.8 Å². The number of nitrogens with zero attached hydrogens (tertiary/aromatic N) is 1. The lowest BCUT2D eigenvalue weighted by molar-refractivity contribution is 0.249. The van der Waals surface area contributed by atoms with Gasteiger partial charge in [-0.3, -0.25) is 4.90 Å². The Bertz CT molecular complexity index is 519. The summed E-state index contributed by atoms with van der Waals surface area (Å²) >= 11 is 0. The first kappa shape index (κ1) is 15.8. The van der Waals surface area contributed by atoms with Crippen molar-refractivity contribution in [1.82, 2.24) is 4.90 Å².